The van der Waals surface area contributed by atoms with Gasteiger partial charge < -0.3 is 30.6 Å². The Morgan fingerprint density at radius 1 is 0.686 bits per heavy atom. The minimum Gasteiger partial charge on any atom is -0.481 e. The highest BCUT2D eigenvalue weighted by atomic mass is 16.4. The summed E-state index contributed by atoms with van der Waals surface area (Å²) in [5.74, 6) is -7.87. The van der Waals surface area contributed by atoms with Crippen LogP contribution in [-0.2, 0) is 28.8 Å². The van der Waals surface area contributed by atoms with Crippen LogP contribution in [0.15, 0.2) is 0 Å². The topological polar surface area (TPSA) is 234 Å². The van der Waals surface area contributed by atoms with E-state index in [1.807, 2.05) is 0 Å². The fourth-order valence-electron chi connectivity index (χ4n) is 4.28. The minimum atomic E-state index is -1.40. The molecule has 2 unspecified atom stereocenters. The molecule has 0 saturated carbocycles. The Morgan fingerprint density at radius 2 is 1.03 bits per heavy atom. The molecule has 0 radical (unpaired) electrons. The van der Waals surface area contributed by atoms with E-state index >= 15 is 0 Å². The molecule has 1 rings (SSSR count). The van der Waals surface area contributed by atoms with Crippen LogP contribution >= 0.6 is 0 Å². The van der Waals surface area contributed by atoms with E-state index in [1.165, 1.54) is 16.7 Å². The lowest BCUT2D eigenvalue weighted by molar-refractivity contribution is -0.150. The van der Waals surface area contributed by atoms with E-state index in [-0.39, 0.29) is 39.0 Å². The van der Waals surface area contributed by atoms with Crippen molar-refractivity contribution < 1.29 is 59.4 Å². The maximum absolute atomic E-state index is 12.0. The number of carboxylic acid groups (broad SMARTS) is 6. The average molecular weight is 505 g/mol. The third-order valence-electron chi connectivity index (χ3n) is 5.89. The van der Waals surface area contributed by atoms with Gasteiger partial charge >= 0.3 is 35.8 Å². The van der Waals surface area contributed by atoms with Gasteiger partial charge in [0.05, 0.1) is 13.1 Å². The molecule has 15 nitrogen and oxygen atoms in total. The van der Waals surface area contributed by atoms with Crippen molar-refractivity contribution in [3.05, 3.63) is 0 Å². The number of hydrogen-bond acceptors (Lipinski definition) is 9. The normalized spacial score (nSPS) is 21.1. The second-order valence-corrected chi connectivity index (χ2v) is 8.65. The van der Waals surface area contributed by atoms with Crippen molar-refractivity contribution in [3.63, 3.8) is 0 Å². The van der Waals surface area contributed by atoms with Crippen molar-refractivity contribution in [2.75, 3.05) is 39.3 Å². The van der Waals surface area contributed by atoms with Crippen LogP contribution in [0.4, 0.5) is 0 Å². The van der Waals surface area contributed by atoms with Gasteiger partial charge in [-0.05, 0) is 19.8 Å². The van der Waals surface area contributed by atoms with Crippen LogP contribution in [0.5, 0.6) is 0 Å². The summed E-state index contributed by atoms with van der Waals surface area (Å²) in [5.41, 5.74) is -1.40. The maximum atomic E-state index is 12.0. The highest BCUT2D eigenvalue weighted by Gasteiger charge is 2.44. The van der Waals surface area contributed by atoms with Crippen LogP contribution in [0.2, 0.25) is 0 Å². The Morgan fingerprint density at radius 3 is 1.29 bits per heavy atom. The van der Waals surface area contributed by atoms with E-state index in [2.05, 4.69) is 0 Å². The fourth-order valence-corrected chi connectivity index (χ4v) is 4.28. The van der Waals surface area contributed by atoms with Gasteiger partial charge in [0.15, 0.2) is 0 Å². The van der Waals surface area contributed by atoms with Crippen molar-refractivity contribution in [2.45, 2.75) is 50.2 Å². The molecule has 35 heavy (non-hydrogen) atoms. The quantitative estimate of drug-likeness (QED) is 0.148. The molecule has 15 heteroatoms. The summed E-state index contributed by atoms with van der Waals surface area (Å²) in [5, 5.41) is 56.1. The third kappa shape index (κ3) is 9.46. The zero-order valence-corrected chi connectivity index (χ0v) is 19.2. The number of hydrogen-bond donors (Lipinski definition) is 6. The summed E-state index contributed by atoms with van der Waals surface area (Å²) in [4.78, 5) is 72.7. The highest BCUT2D eigenvalue weighted by Crippen LogP contribution is 2.26. The van der Waals surface area contributed by atoms with E-state index in [0.29, 0.717) is 0 Å². The Balaban J connectivity index is 3.47. The van der Waals surface area contributed by atoms with Gasteiger partial charge in [-0.3, -0.25) is 43.5 Å². The van der Waals surface area contributed by atoms with Gasteiger partial charge in [0.2, 0.25) is 0 Å². The van der Waals surface area contributed by atoms with Crippen LogP contribution in [0.25, 0.3) is 0 Å². The standard InChI is InChI=1S/C20H31N3O12/c1-20(23(8-16(28)29)9-17(30)31)10-21(12(18(32)33)2-4-14(24)25)6-7-22(11-20)13(19(34)35)3-5-15(26)27/h12-13H,2-11H2,1H3,(H,24,25)(H,26,27)(H,28,29)(H,30,31)(H,32,33)(H,34,35). The number of carbonyl (C=O) groups is 6. The molecule has 0 bridgehead atoms. The Labute approximate surface area is 200 Å². The molecule has 198 valence electrons. The van der Waals surface area contributed by atoms with Gasteiger partial charge in [0, 0.05) is 44.6 Å². The van der Waals surface area contributed by atoms with E-state index in [0.717, 1.165) is 4.90 Å². The zero-order chi connectivity index (χ0) is 26.9. The number of rotatable bonds is 15. The second kappa shape index (κ2) is 13.0. The molecule has 0 spiro atoms. The largest absolute Gasteiger partial charge is 0.481 e. The van der Waals surface area contributed by atoms with Gasteiger partial charge in [0.1, 0.15) is 12.1 Å². The van der Waals surface area contributed by atoms with Crippen molar-refractivity contribution in [1.29, 1.82) is 0 Å². The first-order chi connectivity index (χ1) is 16.2. The third-order valence-corrected chi connectivity index (χ3v) is 5.89. The lowest BCUT2D eigenvalue weighted by Crippen LogP contribution is -2.62. The maximum Gasteiger partial charge on any atom is 0.320 e. The fraction of sp³-hybridized carbons (Fsp3) is 0.700. The summed E-state index contributed by atoms with van der Waals surface area (Å²) in [7, 11) is 0. The first-order valence-electron chi connectivity index (χ1n) is 10.7. The first-order valence-corrected chi connectivity index (χ1v) is 10.7. The average Bonchev–Trinajstić information content (AvgIpc) is 2.86. The SMILES string of the molecule is CC1(N(CC(=O)O)CC(=O)O)CN(C(CCC(=O)O)C(=O)O)CCN(C(CCC(=O)O)C(=O)O)C1. The Hall–Kier alpha value is -3.30. The van der Waals surface area contributed by atoms with Crippen molar-refractivity contribution >= 4 is 35.8 Å². The van der Waals surface area contributed by atoms with E-state index in [4.69, 9.17) is 10.2 Å². The molecule has 0 aromatic rings. The van der Waals surface area contributed by atoms with Crippen molar-refractivity contribution in [1.82, 2.24) is 14.7 Å². The second-order valence-electron chi connectivity index (χ2n) is 8.65. The van der Waals surface area contributed by atoms with Gasteiger partial charge in [-0.1, -0.05) is 0 Å². The first kappa shape index (κ1) is 29.7. The predicted octanol–water partition coefficient (Wildman–Crippen LogP) is -1.53. The smallest absolute Gasteiger partial charge is 0.320 e. The van der Waals surface area contributed by atoms with Gasteiger partial charge in [0.25, 0.3) is 0 Å². The monoisotopic (exact) mass is 505 g/mol. The van der Waals surface area contributed by atoms with Crippen LogP contribution in [0.3, 0.4) is 0 Å². The van der Waals surface area contributed by atoms with Crippen LogP contribution in [0.1, 0.15) is 32.6 Å². The molecule has 0 aromatic carbocycles. The van der Waals surface area contributed by atoms with E-state index in [1.54, 1.807) is 0 Å². The summed E-state index contributed by atoms with van der Waals surface area (Å²) in [6.07, 6.45) is -1.53. The molecule has 0 aliphatic carbocycles. The summed E-state index contributed by atoms with van der Waals surface area (Å²) in [6, 6.07) is -2.63. The molecule has 0 amide bonds. The number of carboxylic acids is 6. The Bertz CT molecular complexity index is 770. The Kier molecular flexibility index (Phi) is 11.0. The van der Waals surface area contributed by atoms with Crippen LogP contribution in [0, 0.1) is 0 Å². The molecule has 1 aliphatic rings. The van der Waals surface area contributed by atoms with E-state index in [9.17, 15) is 49.2 Å². The zero-order valence-electron chi connectivity index (χ0n) is 19.2. The molecule has 2 atom stereocenters. The molecule has 1 aliphatic heterocycles. The molecule has 1 saturated heterocycles. The molecule has 6 N–H and O–H groups in total. The summed E-state index contributed by atoms with van der Waals surface area (Å²) in [6.45, 7) is -0.545. The minimum absolute atomic E-state index is 0.0585. The van der Waals surface area contributed by atoms with Crippen LogP contribution < -0.4 is 0 Å². The summed E-state index contributed by atoms with van der Waals surface area (Å²) >= 11 is 0. The van der Waals surface area contributed by atoms with Gasteiger partial charge in [-0.2, -0.15) is 0 Å². The van der Waals surface area contributed by atoms with Crippen molar-refractivity contribution in [2.24, 2.45) is 0 Å². The van der Waals surface area contributed by atoms with Gasteiger partial charge in [-0.25, -0.2) is 0 Å². The van der Waals surface area contributed by atoms with Gasteiger partial charge in [-0.15, -0.1) is 0 Å². The molecule has 1 fully saturated rings. The highest BCUT2D eigenvalue weighted by molar-refractivity contribution is 5.76. The van der Waals surface area contributed by atoms with Crippen LogP contribution in [-0.4, -0.2) is 138 Å². The molecular weight excluding hydrogens is 474 g/mol. The number of aliphatic carboxylic acids is 6. The molecular formula is C20H31N3O12. The predicted molar refractivity (Wildman–Crippen MR) is 115 cm³/mol. The van der Waals surface area contributed by atoms with E-state index < -0.39 is 79.4 Å². The molecule has 1 heterocycles. The van der Waals surface area contributed by atoms with Crippen molar-refractivity contribution in [3.8, 4) is 0 Å². The summed E-state index contributed by atoms with van der Waals surface area (Å²) < 4.78 is 0. The molecule has 0 aromatic heterocycles. The number of nitrogens with zero attached hydrogens (tertiary/aromatic N) is 3. The lowest BCUT2D eigenvalue weighted by atomic mass is 9.95. The lowest BCUT2D eigenvalue weighted by Gasteiger charge is -2.44.